The summed E-state index contributed by atoms with van der Waals surface area (Å²) in [5.74, 6) is -1.83. The number of hydrogen-bond donors (Lipinski definition) is 4. The average Bonchev–Trinajstić information content (AvgIpc) is 2.87. The summed E-state index contributed by atoms with van der Waals surface area (Å²) in [5, 5.41) is 17.6. The summed E-state index contributed by atoms with van der Waals surface area (Å²) in [6, 6.07) is -0.00842. The predicted molar refractivity (Wildman–Crippen MR) is 68.6 cm³/mol. The van der Waals surface area contributed by atoms with Crippen LogP contribution in [0, 0.1) is 0 Å². The number of primary amides is 1. The molecule has 110 valence electrons. The first kappa shape index (κ1) is 15.5. The molecular formula is C11H17N5O4. The van der Waals surface area contributed by atoms with Crippen molar-refractivity contribution >= 4 is 17.9 Å². The Bertz CT molecular complexity index is 459. The van der Waals surface area contributed by atoms with Crippen molar-refractivity contribution in [3.05, 3.63) is 18.5 Å². The second kappa shape index (κ2) is 7.77. The van der Waals surface area contributed by atoms with Crippen LogP contribution in [-0.4, -0.2) is 45.4 Å². The maximum atomic E-state index is 11.5. The molecule has 1 atom stereocenters. The predicted octanol–water partition coefficient (Wildman–Crippen LogP) is -1.10. The van der Waals surface area contributed by atoms with Crippen molar-refractivity contribution in [2.24, 2.45) is 5.73 Å². The Labute approximate surface area is 115 Å². The van der Waals surface area contributed by atoms with Crippen LogP contribution in [0.25, 0.3) is 0 Å². The van der Waals surface area contributed by atoms with Crippen LogP contribution in [0.1, 0.15) is 12.8 Å². The number of hydrogen-bond acceptors (Lipinski definition) is 4. The van der Waals surface area contributed by atoms with Crippen LogP contribution in [-0.2, 0) is 16.1 Å². The third kappa shape index (κ3) is 5.85. The maximum absolute atomic E-state index is 11.5. The molecule has 0 fully saturated rings. The SMILES string of the molecule is NC(=O)CCC(NC(=O)NCCn1cccn1)C(=O)O. The van der Waals surface area contributed by atoms with E-state index in [0.29, 0.717) is 13.1 Å². The van der Waals surface area contributed by atoms with Crippen molar-refractivity contribution in [2.45, 2.75) is 25.4 Å². The van der Waals surface area contributed by atoms with Gasteiger partial charge in [0.25, 0.3) is 0 Å². The number of nitrogens with two attached hydrogens (primary N) is 1. The fraction of sp³-hybridized carbons (Fsp3) is 0.455. The van der Waals surface area contributed by atoms with E-state index in [1.807, 2.05) is 0 Å². The van der Waals surface area contributed by atoms with Gasteiger partial charge in [-0.15, -0.1) is 0 Å². The van der Waals surface area contributed by atoms with Gasteiger partial charge < -0.3 is 21.5 Å². The Kier molecular flexibility index (Phi) is 6.01. The molecule has 0 aliphatic rings. The molecule has 0 saturated heterocycles. The van der Waals surface area contributed by atoms with Crippen molar-refractivity contribution in [3.63, 3.8) is 0 Å². The quantitative estimate of drug-likeness (QED) is 0.479. The van der Waals surface area contributed by atoms with Gasteiger partial charge in [0.05, 0.1) is 6.54 Å². The highest BCUT2D eigenvalue weighted by molar-refractivity contribution is 5.83. The summed E-state index contributed by atoms with van der Waals surface area (Å²) in [7, 11) is 0. The third-order valence-electron chi connectivity index (χ3n) is 2.47. The van der Waals surface area contributed by atoms with Crippen LogP contribution >= 0.6 is 0 Å². The van der Waals surface area contributed by atoms with Gasteiger partial charge in [-0.2, -0.15) is 5.10 Å². The molecule has 9 heteroatoms. The number of amides is 3. The standard InChI is InChI=1S/C11H17N5O4/c12-9(17)3-2-8(10(18)19)15-11(20)13-5-7-16-6-1-4-14-16/h1,4,6,8H,2-3,5,7H2,(H2,12,17)(H,18,19)(H2,13,15,20). The van der Waals surface area contributed by atoms with Gasteiger partial charge >= 0.3 is 12.0 Å². The van der Waals surface area contributed by atoms with E-state index >= 15 is 0 Å². The molecule has 3 amide bonds. The van der Waals surface area contributed by atoms with Crippen LogP contribution < -0.4 is 16.4 Å². The van der Waals surface area contributed by atoms with Crippen molar-refractivity contribution in [2.75, 3.05) is 6.54 Å². The zero-order valence-electron chi connectivity index (χ0n) is 10.8. The number of carbonyl (C=O) groups is 3. The van der Waals surface area contributed by atoms with E-state index in [4.69, 9.17) is 10.8 Å². The summed E-state index contributed by atoms with van der Waals surface area (Å²) < 4.78 is 1.63. The Morgan fingerprint density at radius 3 is 2.70 bits per heavy atom. The number of carboxylic acids is 1. The van der Waals surface area contributed by atoms with Crippen LogP contribution in [0.5, 0.6) is 0 Å². The molecule has 1 heterocycles. The van der Waals surface area contributed by atoms with Crippen LogP contribution in [0.2, 0.25) is 0 Å². The monoisotopic (exact) mass is 283 g/mol. The van der Waals surface area contributed by atoms with Gasteiger partial charge in [0.1, 0.15) is 6.04 Å². The van der Waals surface area contributed by atoms with Gasteiger partial charge in [-0.3, -0.25) is 9.48 Å². The molecule has 0 aliphatic carbocycles. The third-order valence-corrected chi connectivity index (χ3v) is 2.47. The largest absolute Gasteiger partial charge is 0.480 e. The molecule has 1 aromatic heterocycles. The van der Waals surface area contributed by atoms with E-state index in [-0.39, 0.29) is 12.8 Å². The van der Waals surface area contributed by atoms with E-state index in [1.165, 1.54) is 0 Å². The maximum Gasteiger partial charge on any atom is 0.326 e. The minimum Gasteiger partial charge on any atom is -0.480 e. The lowest BCUT2D eigenvalue weighted by Gasteiger charge is -2.14. The van der Waals surface area contributed by atoms with Gasteiger partial charge in [-0.05, 0) is 12.5 Å². The van der Waals surface area contributed by atoms with Crippen LogP contribution in [0.4, 0.5) is 4.79 Å². The minimum atomic E-state index is -1.21. The van der Waals surface area contributed by atoms with E-state index in [2.05, 4.69) is 15.7 Å². The molecule has 9 nitrogen and oxygen atoms in total. The Morgan fingerprint density at radius 2 is 2.15 bits per heavy atom. The number of carbonyl (C=O) groups excluding carboxylic acids is 2. The first-order valence-electron chi connectivity index (χ1n) is 6.02. The minimum absolute atomic E-state index is 0.0444. The molecular weight excluding hydrogens is 266 g/mol. The molecule has 0 saturated carbocycles. The molecule has 1 rings (SSSR count). The number of urea groups is 1. The molecule has 0 aliphatic heterocycles. The fourth-order valence-corrected chi connectivity index (χ4v) is 1.47. The van der Waals surface area contributed by atoms with E-state index in [9.17, 15) is 14.4 Å². The summed E-state index contributed by atoms with van der Waals surface area (Å²) in [4.78, 5) is 33.0. The zero-order valence-corrected chi connectivity index (χ0v) is 10.8. The summed E-state index contributed by atoms with van der Waals surface area (Å²) in [6.45, 7) is 0.773. The molecule has 0 aromatic carbocycles. The van der Waals surface area contributed by atoms with E-state index in [0.717, 1.165) is 0 Å². The molecule has 0 bridgehead atoms. The molecule has 0 radical (unpaired) electrons. The highest BCUT2D eigenvalue weighted by atomic mass is 16.4. The molecule has 5 N–H and O–H groups in total. The first-order valence-corrected chi connectivity index (χ1v) is 6.02. The van der Waals surface area contributed by atoms with Crippen molar-refractivity contribution in [3.8, 4) is 0 Å². The highest BCUT2D eigenvalue weighted by Gasteiger charge is 2.20. The number of aromatic nitrogens is 2. The summed E-state index contributed by atoms with van der Waals surface area (Å²) in [6.07, 6.45) is 3.21. The number of carboxylic acid groups (broad SMARTS) is 1. The van der Waals surface area contributed by atoms with Gasteiger partial charge in [0, 0.05) is 25.4 Å². The van der Waals surface area contributed by atoms with E-state index in [1.54, 1.807) is 23.1 Å². The lowest BCUT2D eigenvalue weighted by molar-refractivity contribution is -0.139. The molecule has 1 aromatic rings. The first-order chi connectivity index (χ1) is 9.49. The summed E-state index contributed by atoms with van der Waals surface area (Å²) >= 11 is 0. The Hall–Kier alpha value is -2.58. The van der Waals surface area contributed by atoms with Gasteiger partial charge in [0.15, 0.2) is 0 Å². The zero-order chi connectivity index (χ0) is 15.0. The number of rotatable bonds is 8. The number of nitrogens with zero attached hydrogens (tertiary/aromatic N) is 2. The lowest BCUT2D eigenvalue weighted by atomic mass is 10.1. The molecule has 20 heavy (non-hydrogen) atoms. The van der Waals surface area contributed by atoms with Crippen molar-refractivity contribution in [1.29, 1.82) is 0 Å². The van der Waals surface area contributed by atoms with Crippen LogP contribution in [0.3, 0.4) is 0 Å². The lowest BCUT2D eigenvalue weighted by Crippen LogP contribution is -2.47. The second-order valence-corrected chi connectivity index (χ2v) is 4.07. The Balaban J connectivity index is 2.30. The fourth-order valence-electron chi connectivity index (χ4n) is 1.47. The van der Waals surface area contributed by atoms with Crippen molar-refractivity contribution < 1.29 is 19.5 Å². The van der Waals surface area contributed by atoms with Crippen molar-refractivity contribution in [1.82, 2.24) is 20.4 Å². The Morgan fingerprint density at radius 1 is 1.40 bits per heavy atom. The van der Waals surface area contributed by atoms with E-state index < -0.39 is 23.9 Å². The van der Waals surface area contributed by atoms with Gasteiger partial charge in [0.2, 0.25) is 5.91 Å². The molecule has 1 unspecified atom stereocenters. The normalized spacial score (nSPS) is 11.6. The number of nitrogens with one attached hydrogen (secondary N) is 2. The second-order valence-electron chi connectivity index (χ2n) is 4.07. The average molecular weight is 283 g/mol. The molecule has 0 spiro atoms. The van der Waals surface area contributed by atoms with Crippen LogP contribution in [0.15, 0.2) is 18.5 Å². The summed E-state index contributed by atoms with van der Waals surface area (Å²) in [5.41, 5.74) is 4.94. The van der Waals surface area contributed by atoms with Gasteiger partial charge in [-0.25, -0.2) is 9.59 Å². The van der Waals surface area contributed by atoms with Gasteiger partial charge in [-0.1, -0.05) is 0 Å². The topological polar surface area (TPSA) is 139 Å². The number of aliphatic carboxylic acids is 1. The smallest absolute Gasteiger partial charge is 0.326 e. The highest BCUT2D eigenvalue weighted by Crippen LogP contribution is 1.97.